The van der Waals surface area contributed by atoms with Crippen LogP contribution in [0.15, 0.2) is 36.4 Å². The third-order valence-corrected chi connectivity index (χ3v) is 4.47. The Hall–Kier alpha value is -1.19. The summed E-state index contributed by atoms with van der Waals surface area (Å²) in [4.78, 5) is 2.37. The topological polar surface area (TPSA) is 26.0 Å². The van der Waals surface area contributed by atoms with Crippen molar-refractivity contribution in [3.63, 3.8) is 0 Å². The molecule has 1 aromatic heterocycles. The van der Waals surface area contributed by atoms with Crippen LogP contribution < -0.4 is 5.73 Å². The number of thiophene rings is 1. The van der Waals surface area contributed by atoms with E-state index in [1.165, 1.54) is 17.0 Å². The molecule has 0 fully saturated rings. The predicted octanol–water partition coefficient (Wildman–Crippen LogP) is 4.23. The van der Waals surface area contributed by atoms with Gasteiger partial charge in [0, 0.05) is 9.75 Å². The maximum atomic E-state index is 13.2. The Balaban J connectivity index is 2.29. The van der Waals surface area contributed by atoms with Crippen LogP contribution in [0, 0.1) is 5.82 Å². The fraction of sp³-hybridized carbons (Fsp3) is 0.333. The third kappa shape index (κ3) is 2.79. The summed E-state index contributed by atoms with van der Waals surface area (Å²) in [6.45, 7) is 6.53. The van der Waals surface area contributed by atoms with Gasteiger partial charge in [0.15, 0.2) is 0 Å². The molecule has 18 heavy (non-hydrogen) atoms. The first-order chi connectivity index (χ1) is 8.38. The lowest BCUT2D eigenvalue weighted by atomic mass is 9.95. The molecule has 0 radical (unpaired) electrons. The van der Waals surface area contributed by atoms with Crippen LogP contribution in [-0.2, 0) is 5.41 Å². The predicted molar refractivity (Wildman–Crippen MR) is 75.4 cm³/mol. The highest BCUT2D eigenvalue weighted by atomic mass is 32.1. The Morgan fingerprint density at radius 1 is 1.17 bits per heavy atom. The Labute approximate surface area is 111 Å². The largest absolute Gasteiger partial charge is 0.320 e. The zero-order chi connectivity index (χ0) is 13.3. The highest BCUT2D eigenvalue weighted by Crippen LogP contribution is 2.33. The van der Waals surface area contributed by atoms with E-state index < -0.39 is 0 Å². The van der Waals surface area contributed by atoms with Crippen LogP contribution in [0.25, 0.3) is 0 Å². The number of hydrogen-bond acceptors (Lipinski definition) is 2. The van der Waals surface area contributed by atoms with Crippen molar-refractivity contribution >= 4 is 11.3 Å². The first-order valence-corrected chi connectivity index (χ1v) is 6.81. The Morgan fingerprint density at radius 2 is 1.89 bits per heavy atom. The molecule has 0 saturated heterocycles. The van der Waals surface area contributed by atoms with Crippen LogP contribution in [0.3, 0.4) is 0 Å². The van der Waals surface area contributed by atoms with Crippen LogP contribution in [-0.4, -0.2) is 0 Å². The second-order valence-corrected chi connectivity index (χ2v) is 6.60. The van der Waals surface area contributed by atoms with Gasteiger partial charge in [-0.3, -0.25) is 0 Å². The lowest BCUT2D eigenvalue weighted by Gasteiger charge is -2.16. The molecule has 2 aromatic rings. The summed E-state index contributed by atoms with van der Waals surface area (Å²) >= 11 is 1.70. The maximum Gasteiger partial charge on any atom is 0.123 e. The monoisotopic (exact) mass is 263 g/mol. The minimum absolute atomic E-state index is 0.130. The van der Waals surface area contributed by atoms with E-state index in [1.807, 2.05) is 12.1 Å². The van der Waals surface area contributed by atoms with Gasteiger partial charge in [0.05, 0.1) is 6.04 Å². The zero-order valence-corrected chi connectivity index (χ0v) is 11.7. The van der Waals surface area contributed by atoms with Gasteiger partial charge in [-0.15, -0.1) is 11.3 Å². The summed E-state index contributed by atoms with van der Waals surface area (Å²) < 4.78 is 13.2. The van der Waals surface area contributed by atoms with Gasteiger partial charge in [0.25, 0.3) is 0 Å². The molecule has 0 aliphatic rings. The van der Waals surface area contributed by atoms with Gasteiger partial charge in [-0.05, 0) is 35.2 Å². The highest BCUT2D eigenvalue weighted by molar-refractivity contribution is 7.12. The Morgan fingerprint density at radius 3 is 2.44 bits per heavy atom. The average molecular weight is 263 g/mol. The molecule has 1 heterocycles. The van der Waals surface area contributed by atoms with Crippen molar-refractivity contribution in [2.45, 2.75) is 32.2 Å². The van der Waals surface area contributed by atoms with Crippen molar-refractivity contribution in [2.24, 2.45) is 5.73 Å². The number of halogens is 1. The molecule has 0 aliphatic heterocycles. The molecule has 96 valence electrons. The van der Waals surface area contributed by atoms with Gasteiger partial charge in [-0.1, -0.05) is 32.9 Å². The molecule has 0 saturated carbocycles. The molecule has 3 heteroatoms. The smallest absolute Gasteiger partial charge is 0.123 e. The molecule has 0 bridgehead atoms. The lowest BCUT2D eigenvalue weighted by molar-refractivity contribution is 0.604. The summed E-state index contributed by atoms with van der Waals surface area (Å²) in [5, 5.41) is 0. The molecule has 0 spiro atoms. The van der Waals surface area contributed by atoms with E-state index in [1.54, 1.807) is 17.4 Å². The van der Waals surface area contributed by atoms with E-state index in [0.717, 1.165) is 10.4 Å². The third-order valence-electron chi connectivity index (χ3n) is 2.88. The average Bonchev–Trinajstić information content (AvgIpc) is 2.77. The molecule has 0 aliphatic carbocycles. The van der Waals surface area contributed by atoms with E-state index in [0.29, 0.717) is 0 Å². The van der Waals surface area contributed by atoms with Crippen molar-refractivity contribution in [1.29, 1.82) is 0 Å². The number of benzene rings is 1. The molecule has 1 atom stereocenters. The van der Waals surface area contributed by atoms with E-state index in [4.69, 9.17) is 5.73 Å². The van der Waals surface area contributed by atoms with Gasteiger partial charge in [0.1, 0.15) is 5.82 Å². The van der Waals surface area contributed by atoms with Gasteiger partial charge >= 0.3 is 0 Å². The SMILES string of the molecule is CC(C)(C)c1ccc(C(N)c2cccc(F)c2)s1. The van der Waals surface area contributed by atoms with Crippen LogP contribution in [0.5, 0.6) is 0 Å². The minimum atomic E-state index is -0.248. The van der Waals surface area contributed by atoms with Crippen molar-refractivity contribution in [2.75, 3.05) is 0 Å². The van der Waals surface area contributed by atoms with Gasteiger partial charge in [-0.25, -0.2) is 4.39 Å². The fourth-order valence-electron chi connectivity index (χ4n) is 1.79. The molecule has 1 unspecified atom stereocenters. The lowest BCUT2D eigenvalue weighted by Crippen LogP contribution is -2.10. The van der Waals surface area contributed by atoms with E-state index in [-0.39, 0.29) is 17.3 Å². The summed E-state index contributed by atoms with van der Waals surface area (Å²) in [5.74, 6) is -0.240. The second-order valence-electron chi connectivity index (χ2n) is 5.48. The highest BCUT2D eigenvalue weighted by Gasteiger charge is 2.19. The van der Waals surface area contributed by atoms with E-state index >= 15 is 0 Å². The second kappa shape index (κ2) is 4.82. The van der Waals surface area contributed by atoms with Gasteiger partial charge < -0.3 is 5.73 Å². The molecule has 1 aromatic carbocycles. The van der Waals surface area contributed by atoms with Crippen molar-refractivity contribution in [3.05, 3.63) is 57.5 Å². The van der Waals surface area contributed by atoms with Crippen LogP contribution >= 0.6 is 11.3 Å². The van der Waals surface area contributed by atoms with Crippen LogP contribution in [0.2, 0.25) is 0 Å². The van der Waals surface area contributed by atoms with Crippen molar-refractivity contribution < 1.29 is 4.39 Å². The quantitative estimate of drug-likeness (QED) is 0.862. The minimum Gasteiger partial charge on any atom is -0.320 e. The molecular weight excluding hydrogens is 245 g/mol. The summed E-state index contributed by atoms with van der Waals surface area (Å²) in [6, 6.07) is 10.4. The first kappa shape index (κ1) is 13.2. The Kier molecular flexibility index (Phi) is 3.55. The van der Waals surface area contributed by atoms with Gasteiger partial charge in [0.2, 0.25) is 0 Å². The first-order valence-electron chi connectivity index (χ1n) is 5.99. The van der Waals surface area contributed by atoms with Crippen LogP contribution in [0.1, 0.15) is 42.1 Å². The Bertz CT molecular complexity index is 539. The van der Waals surface area contributed by atoms with Crippen LogP contribution in [0.4, 0.5) is 4.39 Å². The number of nitrogens with two attached hydrogens (primary N) is 1. The molecule has 2 N–H and O–H groups in total. The molecule has 0 amide bonds. The van der Waals surface area contributed by atoms with E-state index in [2.05, 4.69) is 26.8 Å². The number of hydrogen-bond donors (Lipinski definition) is 1. The normalized spacial score (nSPS) is 13.6. The zero-order valence-electron chi connectivity index (χ0n) is 10.9. The van der Waals surface area contributed by atoms with E-state index in [9.17, 15) is 4.39 Å². The summed E-state index contributed by atoms with van der Waals surface area (Å²) in [7, 11) is 0. The molecule has 2 rings (SSSR count). The summed E-state index contributed by atoms with van der Waals surface area (Å²) in [6.07, 6.45) is 0. The molecule has 1 nitrogen and oxygen atoms in total. The maximum absolute atomic E-state index is 13.2. The van der Waals surface area contributed by atoms with Gasteiger partial charge in [-0.2, -0.15) is 0 Å². The number of rotatable bonds is 2. The van der Waals surface area contributed by atoms with Crippen molar-refractivity contribution in [1.82, 2.24) is 0 Å². The summed E-state index contributed by atoms with van der Waals surface area (Å²) in [5.41, 5.74) is 7.13. The standard InChI is InChI=1S/C15H18FNS/c1-15(2,3)13-8-7-12(18-13)14(17)10-5-4-6-11(16)9-10/h4-9,14H,17H2,1-3H3. The van der Waals surface area contributed by atoms with Crippen molar-refractivity contribution in [3.8, 4) is 0 Å². The fourth-order valence-corrected chi connectivity index (χ4v) is 2.88. The molecular formula is C15H18FNS.